The van der Waals surface area contributed by atoms with Crippen LogP contribution in [0.4, 0.5) is 11.5 Å². The Morgan fingerprint density at radius 2 is 2.14 bits per heavy atom. The van der Waals surface area contributed by atoms with Crippen molar-refractivity contribution in [1.29, 1.82) is 0 Å². The highest BCUT2D eigenvalue weighted by molar-refractivity contribution is 5.54. The van der Waals surface area contributed by atoms with Crippen LogP contribution in [0.5, 0.6) is 5.88 Å². The molecule has 0 aromatic carbocycles. The van der Waals surface area contributed by atoms with E-state index < -0.39 is 0 Å². The molecule has 21 heavy (non-hydrogen) atoms. The van der Waals surface area contributed by atoms with Gasteiger partial charge in [0.2, 0.25) is 5.88 Å². The molecule has 1 aliphatic rings. The van der Waals surface area contributed by atoms with Gasteiger partial charge in [0, 0.05) is 7.05 Å². The molecule has 1 fully saturated rings. The van der Waals surface area contributed by atoms with Gasteiger partial charge in [-0.15, -0.1) is 0 Å². The van der Waals surface area contributed by atoms with E-state index in [0.29, 0.717) is 30.6 Å². The molecular weight excluding hydrogens is 266 g/mol. The first-order valence-corrected chi connectivity index (χ1v) is 7.27. The Kier molecular flexibility index (Phi) is 3.73. The Balaban J connectivity index is 1.69. The number of pyridine rings is 1. The van der Waals surface area contributed by atoms with E-state index in [1.807, 2.05) is 43.1 Å². The quantitative estimate of drug-likeness (QED) is 0.884. The fraction of sp³-hybridized carbons (Fsp3) is 0.438. The summed E-state index contributed by atoms with van der Waals surface area (Å²) in [4.78, 5) is 6.53. The van der Waals surface area contributed by atoms with Gasteiger partial charge in [-0.2, -0.15) is 4.98 Å². The Morgan fingerprint density at radius 3 is 2.81 bits per heavy atom. The Labute approximate surface area is 124 Å². The summed E-state index contributed by atoms with van der Waals surface area (Å²) in [7, 11) is 1.97. The van der Waals surface area contributed by atoms with E-state index in [-0.39, 0.29) is 0 Å². The van der Waals surface area contributed by atoms with Crippen molar-refractivity contribution in [3.05, 3.63) is 35.8 Å². The van der Waals surface area contributed by atoms with Crippen molar-refractivity contribution in [2.75, 3.05) is 24.3 Å². The van der Waals surface area contributed by atoms with Crippen LogP contribution in [-0.2, 0) is 6.54 Å². The highest BCUT2D eigenvalue weighted by Crippen LogP contribution is 2.31. The molecule has 0 saturated heterocycles. The predicted octanol–water partition coefficient (Wildman–Crippen LogP) is 2.99. The molecule has 0 atom stereocenters. The maximum Gasteiger partial charge on any atom is 0.239 e. The molecule has 1 saturated carbocycles. The molecule has 2 heterocycles. The lowest BCUT2D eigenvalue weighted by Crippen LogP contribution is -2.18. The Morgan fingerprint density at radius 1 is 1.33 bits per heavy atom. The fourth-order valence-corrected chi connectivity index (χ4v) is 2.14. The molecule has 1 aliphatic carbocycles. The van der Waals surface area contributed by atoms with Gasteiger partial charge in [-0.3, -0.25) is 0 Å². The second kappa shape index (κ2) is 5.68. The summed E-state index contributed by atoms with van der Waals surface area (Å²) in [5.74, 6) is 3.86. The summed E-state index contributed by atoms with van der Waals surface area (Å²) in [6, 6.07) is 7.68. The minimum atomic E-state index is 0.530. The number of aromatic nitrogens is 1. The third-order valence-electron chi connectivity index (χ3n) is 3.61. The van der Waals surface area contributed by atoms with Crippen LogP contribution in [0.1, 0.15) is 24.4 Å². The standard InChI is InChI=1S/C16H21N3O2/c1-11-3-6-13(21-11)9-19(2)15-8-7-14(17)16(18-15)20-10-12-4-5-12/h3,6-8,12H,4-5,9-10,17H2,1-2H3. The maximum atomic E-state index is 5.93. The van der Waals surface area contributed by atoms with Crippen LogP contribution in [0.25, 0.3) is 0 Å². The number of nitrogens with two attached hydrogens (primary N) is 1. The molecule has 2 aromatic rings. The number of hydrogen-bond acceptors (Lipinski definition) is 5. The van der Waals surface area contributed by atoms with Crippen molar-refractivity contribution in [1.82, 2.24) is 4.98 Å². The van der Waals surface area contributed by atoms with Gasteiger partial charge >= 0.3 is 0 Å². The van der Waals surface area contributed by atoms with Crippen molar-refractivity contribution in [2.45, 2.75) is 26.3 Å². The summed E-state index contributed by atoms with van der Waals surface area (Å²) in [5.41, 5.74) is 6.51. The first-order valence-electron chi connectivity index (χ1n) is 7.27. The third-order valence-corrected chi connectivity index (χ3v) is 3.61. The molecule has 0 radical (unpaired) electrons. The minimum Gasteiger partial charge on any atom is -0.476 e. The summed E-state index contributed by atoms with van der Waals surface area (Å²) < 4.78 is 11.3. The SMILES string of the molecule is Cc1ccc(CN(C)c2ccc(N)c(OCC3CC3)n2)o1. The van der Waals surface area contributed by atoms with E-state index in [0.717, 1.165) is 17.3 Å². The van der Waals surface area contributed by atoms with Gasteiger partial charge < -0.3 is 19.8 Å². The number of furan rings is 1. The molecule has 0 aliphatic heterocycles. The smallest absolute Gasteiger partial charge is 0.239 e. The molecule has 2 aromatic heterocycles. The zero-order valence-electron chi connectivity index (χ0n) is 12.5. The lowest BCUT2D eigenvalue weighted by molar-refractivity contribution is 0.290. The van der Waals surface area contributed by atoms with E-state index in [2.05, 4.69) is 4.98 Å². The number of aryl methyl sites for hydroxylation is 1. The van der Waals surface area contributed by atoms with Crippen LogP contribution in [0, 0.1) is 12.8 Å². The summed E-state index contributed by atoms with van der Waals surface area (Å²) in [6.07, 6.45) is 2.49. The number of nitrogen functional groups attached to an aromatic ring is 1. The fourth-order valence-electron chi connectivity index (χ4n) is 2.14. The topological polar surface area (TPSA) is 64.5 Å². The normalized spacial score (nSPS) is 14.2. The summed E-state index contributed by atoms with van der Waals surface area (Å²) in [5, 5.41) is 0. The van der Waals surface area contributed by atoms with E-state index in [1.165, 1.54) is 12.8 Å². The first kappa shape index (κ1) is 13.8. The van der Waals surface area contributed by atoms with Gasteiger partial charge in [-0.25, -0.2) is 0 Å². The Hall–Kier alpha value is -2.17. The highest BCUT2D eigenvalue weighted by atomic mass is 16.5. The van der Waals surface area contributed by atoms with E-state index in [4.69, 9.17) is 14.9 Å². The molecule has 0 amide bonds. The minimum absolute atomic E-state index is 0.530. The Bertz CT molecular complexity index is 620. The van der Waals surface area contributed by atoms with Crippen LogP contribution < -0.4 is 15.4 Å². The van der Waals surface area contributed by atoms with Crippen molar-refractivity contribution in [3.63, 3.8) is 0 Å². The lowest BCUT2D eigenvalue weighted by Gasteiger charge is -2.18. The van der Waals surface area contributed by atoms with Crippen LogP contribution in [-0.4, -0.2) is 18.6 Å². The van der Waals surface area contributed by atoms with E-state index in [9.17, 15) is 0 Å². The summed E-state index contributed by atoms with van der Waals surface area (Å²) in [6.45, 7) is 3.31. The second-order valence-electron chi connectivity index (χ2n) is 5.69. The molecule has 112 valence electrons. The number of ether oxygens (including phenoxy) is 1. The maximum absolute atomic E-state index is 5.93. The average Bonchev–Trinajstić information content (AvgIpc) is 3.20. The third kappa shape index (κ3) is 3.48. The molecular formula is C16H21N3O2. The molecule has 3 rings (SSSR count). The van der Waals surface area contributed by atoms with Gasteiger partial charge in [-0.1, -0.05) is 0 Å². The van der Waals surface area contributed by atoms with E-state index >= 15 is 0 Å². The van der Waals surface area contributed by atoms with Gasteiger partial charge in [0.15, 0.2) is 0 Å². The zero-order valence-corrected chi connectivity index (χ0v) is 12.5. The molecule has 5 nitrogen and oxygen atoms in total. The number of anilines is 2. The zero-order chi connectivity index (χ0) is 14.8. The van der Waals surface area contributed by atoms with E-state index in [1.54, 1.807) is 0 Å². The highest BCUT2D eigenvalue weighted by Gasteiger charge is 2.22. The van der Waals surface area contributed by atoms with Crippen molar-refractivity contribution < 1.29 is 9.15 Å². The van der Waals surface area contributed by atoms with Crippen molar-refractivity contribution in [3.8, 4) is 5.88 Å². The molecule has 2 N–H and O–H groups in total. The van der Waals surface area contributed by atoms with Gasteiger partial charge in [0.25, 0.3) is 0 Å². The first-order chi connectivity index (χ1) is 10.1. The van der Waals surface area contributed by atoms with Crippen molar-refractivity contribution >= 4 is 11.5 Å². The van der Waals surface area contributed by atoms with Crippen molar-refractivity contribution in [2.24, 2.45) is 5.92 Å². The van der Waals surface area contributed by atoms with Crippen LogP contribution in [0.3, 0.4) is 0 Å². The second-order valence-corrected chi connectivity index (χ2v) is 5.69. The van der Waals surface area contributed by atoms with Crippen LogP contribution in [0.2, 0.25) is 0 Å². The largest absolute Gasteiger partial charge is 0.476 e. The number of rotatable bonds is 6. The summed E-state index contributed by atoms with van der Waals surface area (Å²) >= 11 is 0. The average molecular weight is 287 g/mol. The lowest BCUT2D eigenvalue weighted by atomic mass is 10.3. The van der Waals surface area contributed by atoms with Gasteiger partial charge in [0.1, 0.15) is 17.3 Å². The molecule has 5 heteroatoms. The monoisotopic (exact) mass is 287 g/mol. The van der Waals surface area contributed by atoms with Crippen LogP contribution in [0.15, 0.2) is 28.7 Å². The number of nitrogens with zero attached hydrogens (tertiary/aromatic N) is 2. The molecule has 0 unspecified atom stereocenters. The number of hydrogen-bond donors (Lipinski definition) is 1. The van der Waals surface area contributed by atoms with Crippen LogP contribution >= 0.6 is 0 Å². The van der Waals surface area contributed by atoms with Gasteiger partial charge in [0.05, 0.1) is 18.8 Å². The predicted molar refractivity (Wildman–Crippen MR) is 82.4 cm³/mol. The molecule has 0 bridgehead atoms. The molecule has 0 spiro atoms. The van der Waals surface area contributed by atoms with Gasteiger partial charge in [-0.05, 0) is 49.9 Å².